The van der Waals surface area contributed by atoms with Gasteiger partial charge in [0.25, 0.3) is 11.6 Å². The van der Waals surface area contributed by atoms with Crippen LogP contribution in [0.25, 0.3) is 6.08 Å². The van der Waals surface area contributed by atoms with E-state index < -0.39 is 22.9 Å². The molecular formula is C17H13Cl2N3O5. The number of para-hydroxylation sites is 1. The molecule has 0 saturated heterocycles. The van der Waals surface area contributed by atoms with Crippen LogP contribution in [0.2, 0.25) is 10.0 Å². The van der Waals surface area contributed by atoms with Crippen molar-refractivity contribution in [3.05, 3.63) is 68.3 Å². The van der Waals surface area contributed by atoms with E-state index in [2.05, 4.69) is 10.3 Å². The van der Waals surface area contributed by atoms with Crippen molar-refractivity contribution in [2.45, 2.75) is 13.0 Å². The van der Waals surface area contributed by atoms with Gasteiger partial charge in [0, 0.05) is 18.3 Å². The largest absolute Gasteiger partial charge is 0.449 e. The Morgan fingerprint density at radius 1 is 1.33 bits per heavy atom. The van der Waals surface area contributed by atoms with Gasteiger partial charge in [0.05, 0.1) is 20.5 Å². The number of nitro groups is 1. The summed E-state index contributed by atoms with van der Waals surface area (Å²) in [5.74, 6) is -1.42. The van der Waals surface area contributed by atoms with E-state index in [9.17, 15) is 19.7 Å². The lowest BCUT2D eigenvalue weighted by atomic mass is 10.1. The first-order chi connectivity index (χ1) is 12.8. The number of rotatable bonds is 6. The highest BCUT2D eigenvalue weighted by Gasteiger charge is 2.19. The number of esters is 1. The molecule has 10 heteroatoms. The number of nitro benzene ring substituents is 1. The van der Waals surface area contributed by atoms with Crippen LogP contribution < -0.4 is 5.32 Å². The summed E-state index contributed by atoms with van der Waals surface area (Å²) < 4.78 is 4.97. The molecule has 0 spiro atoms. The van der Waals surface area contributed by atoms with Crippen molar-refractivity contribution in [3.63, 3.8) is 0 Å². The molecule has 8 nitrogen and oxygen atoms in total. The normalized spacial score (nSPS) is 11.8. The first-order valence-corrected chi connectivity index (χ1v) is 8.27. The van der Waals surface area contributed by atoms with Crippen LogP contribution in [0, 0.1) is 10.1 Å². The number of carbonyl (C=O) groups excluding carboxylic acids is 2. The van der Waals surface area contributed by atoms with Crippen LogP contribution in [0.15, 0.2) is 42.6 Å². The molecule has 1 atom stereocenters. The number of ether oxygens (including phenoxy) is 1. The monoisotopic (exact) mass is 409 g/mol. The Bertz CT molecular complexity index is 917. The molecule has 140 valence electrons. The van der Waals surface area contributed by atoms with Crippen molar-refractivity contribution in [2.24, 2.45) is 0 Å². The lowest BCUT2D eigenvalue weighted by Crippen LogP contribution is -2.29. The summed E-state index contributed by atoms with van der Waals surface area (Å²) in [6.45, 7) is 1.36. The number of anilines is 1. The fourth-order valence-corrected chi connectivity index (χ4v) is 2.37. The van der Waals surface area contributed by atoms with Crippen molar-refractivity contribution in [1.29, 1.82) is 0 Å². The van der Waals surface area contributed by atoms with Gasteiger partial charge in [-0.2, -0.15) is 0 Å². The molecule has 2 rings (SSSR count). The number of nitrogens with one attached hydrogen (secondary N) is 1. The van der Waals surface area contributed by atoms with Crippen molar-refractivity contribution >= 4 is 52.7 Å². The molecule has 1 amide bonds. The number of nitrogens with zero attached hydrogens (tertiary/aromatic N) is 2. The van der Waals surface area contributed by atoms with Crippen LogP contribution in [0.5, 0.6) is 0 Å². The molecule has 2 aromatic rings. The SMILES string of the molecule is C[C@@H](OC(=O)/C=C/c1ccccc1[N+](=O)[O-])C(=O)Nc1ncc(Cl)cc1Cl. The highest BCUT2D eigenvalue weighted by molar-refractivity contribution is 6.36. The van der Waals surface area contributed by atoms with Crippen LogP contribution in [0.3, 0.4) is 0 Å². The molecule has 27 heavy (non-hydrogen) atoms. The molecule has 0 aliphatic carbocycles. The van der Waals surface area contributed by atoms with E-state index in [-0.39, 0.29) is 22.1 Å². The molecule has 0 bridgehead atoms. The van der Waals surface area contributed by atoms with Gasteiger partial charge in [-0.15, -0.1) is 0 Å². The number of benzene rings is 1. The van der Waals surface area contributed by atoms with Crippen LogP contribution in [0.4, 0.5) is 11.5 Å². The van der Waals surface area contributed by atoms with Gasteiger partial charge >= 0.3 is 5.97 Å². The minimum Gasteiger partial charge on any atom is -0.449 e. The minimum absolute atomic E-state index is 0.0735. The van der Waals surface area contributed by atoms with Gasteiger partial charge in [-0.3, -0.25) is 14.9 Å². The minimum atomic E-state index is -1.15. The van der Waals surface area contributed by atoms with E-state index in [1.165, 1.54) is 43.5 Å². The third-order valence-electron chi connectivity index (χ3n) is 3.24. The second-order valence-electron chi connectivity index (χ2n) is 5.20. The fraction of sp³-hybridized carbons (Fsp3) is 0.118. The molecule has 0 unspecified atom stereocenters. The van der Waals surface area contributed by atoms with Crippen molar-refractivity contribution in [2.75, 3.05) is 5.32 Å². The summed E-state index contributed by atoms with van der Waals surface area (Å²) in [6.07, 6.45) is 2.39. The second kappa shape index (κ2) is 9.11. The number of halogens is 2. The number of hydrogen-bond donors (Lipinski definition) is 1. The molecule has 1 aromatic heterocycles. The lowest BCUT2D eigenvalue weighted by Gasteiger charge is -2.12. The van der Waals surface area contributed by atoms with Gasteiger partial charge in [-0.1, -0.05) is 35.3 Å². The smallest absolute Gasteiger partial charge is 0.331 e. The van der Waals surface area contributed by atoms with Crippen molar-refractivity contribution < 1.29 is 19.2 Å². The Hall–Kier alpha value is -2.97. The average molecular weight is 410 g/mol. The fourth-order valence-electron chi connectivity index (χ4n) is 1.94. The zero-order valence-corrected chi connectivity index (χ0v) is 15.4. The Morgan fingerprint density at radius 3 is 2.70 bits per heavy atom. The van der Waals surface area contributed by atoms with E-state index in [1.54, 1.807) is 6.07 Å². The van der Waals surface area contributed by atoms with Crippen molar-refractivity contribution in [3.8, 4) is 0 Å². The summed E-state index contributed by atoms with van der Waals surface area (Å²) in [5, 5.41) is 13.8. The average Bonchev–Trinajstić information content (AvgIpc) is 2.62. The number of hydrogen-bond acceptors (Lipinski definition) is 6. The highest BCUT2D eigenvalue weighted by Crippen LogP contribution is 2.23. The Kier molecular flexibility index (Phi) is 6.86. The Labute approximate surface area is 163 Å². The molecule has 0 radical (unpaired) electrons. The van der Waals surface area contributed by atoms with Crippen LogP contribution >= 0.6 is 23.2 Å². The van der Waals surface area contributed by atoms with E-state index in [0.29, 0.717) is 5.02 Å². The number of carbonyl (C=O) groups is 2. The zero-order chi connectivity index (χ0) is 20.0. The molecule has 0 aliphatic rings. The molecule has 0 aliphatic heterocycles. The number of pyridine rings is 1. The predicted octanol–water partition coefficient (Wildman–Crippen LogP) is 3.88. The molecule has 1 heterocycles. The quantitative estimate of drug-likeness (QED) is 0.335. The van der Waals surface area contributed by atoms with E-state index in [0.717, 1.165) is 6.08 Å². The topological polar surface area (TPSA) is 111 Å². The Balaban J connectivity index is 1.98. The summed E-state index contributed by atoms with van der Waals surface area (Å²) in [5.41, 5.74) is 0.0736. The molecule has 0 saturated carbocycles. The molecule has 0 fully saturated rings. The van der Waals surface area contributed by atoms with Crippen molar-refractivity contribution in [1.82, 2.24) is 4.98 Å². The van der Waals surface area contributed by atoms with Gasteiger partial charge in [0.1, 0.15) is 0 Å². The van der Waals surface area contributed by atoms with E-state index in [1.807, 2.05) is 0 Å². The van der Waals surface area contributed by atoms with Gasteiger partial charge < -0.3 is 10.1 Å². The van der Waals surface area contributed by atoms with Crippen LogP contribution in [-0.4, -0.2) is 27.9 Å². The Morgan fingerprint density at radius 2 is 2.04 bits per heavy atom. The van der Waals surface area contributed by atoms with Crippen LogP contribution in [-0.2, 0) is 14.3 Å². The molecule has 1 N–H and O–H groups in total. The predicted molar refractivity (Wildman–Crippen MR) is 101 cm³/mol. The first kappa shape index (κ1) is 20.3. The summed E-state index contributed by atoms with van der Waals surface area (Å²) in [6, 6.07) is 7.29. The highest BCUT2D eigenvalue weighted by atomic mass is 35.5. The zero-order valence-electron chi connectivity index (χ0n) is 13.9. The maximum absolute atomic E-state index is 12.1. The summed E-state index contributed by atoms with van der Waals surface area (Å²) in [4.78, 5) is 38.2. The third-order valence-corrected chi connectivity index (χ3v) is 3.74. The molecule has 1 aromatic carbocycles. The maximum Gasteiger partial charge on any atom is 0.331 e. The van der Waals surface area contributed by atoms with E-state index in [4.69, 9.17) is 27.9 Å². The summed E-state index contributed by atoms with van der Waals surface area (Å²) in [7, 11) is 0. The third kappa shape index (κ3) is 5.77. The lowest BCUT2D eigenvalue weighted by molar-refractivity contribution is -0.385. The summed E-state index contributed by atoms with van der Waals surface area (Å²) >= 11 is 11.6. The van der Waals surface area contributed by atoms with E-state index >= 15 is 0 Å². The van der Waals surface area contributed by atoms with Gasteiger partial charge in [0.2, 0.25) is 0 Å². The maximum atomic E-state index is 12.1. The van der Waals surface area contributed by atoms with Gasteiger partial charge in [-0.25, -0.2) is 9.78 Å². The molecular weight excluding hydrogens is 397 g/mol. The first-order valence-electron chi connectivity index (χ1n) is 7.52. The number of aromatic nitrogens is 1. The van der Waals surface area contributed by atoms with Gasteiger partial charge in [-0.05, 0) is 25.1 Å². The van der Waals surface area contributed by atoms with Crippen LogP contribution in [0.1, 0.15) is 12.5 Å². The standard InChI is InChI=1S/C17H13Cl2N3O5/c1-10(17(24)21-16-13(19)8-12(18)9-20-16)27-15(23)7-6-11-4-2-3-5-14(11)22(25)26/h2-10H,1H3,(H,20,21,24)/b7-6+/t10-/m1/s1. The number of amides is 1. The second-order valence-corrected chi connectivity index (χ2v) is 6.05. The van der Waals surface area contributed by atoms with Gasteiger partial charge in [0.15, 0.2) is 11.9 Å².